The number of aromatic nitrogens is 1. The van der Waals surface area contributed by atoms with E-state index in [1.165, 1.54) is 18.2 Å². The Morgan fingerprint density at radius 3 is 2.26 bits per heavy atom. The number of nitrogens with zero attached hydrogens (tertiary/aromatic N) is 1. The zero-order valence-electron chi connectivity index (χ0n) is 13.4. The van der Waals surface area contributed by atoms with E-state index in [1.54, 1.807) is 0 Å². The molecule has 1 aliphatic rings. The second kappa shape index (κ2) is 6.14. The van der Waals surface area contributed by atoms with Gasteiger partial charge in [0.15, 0.2) is 0 Å². The van der Waals surface area contributed by atoms with E-state index >= 15 is 0 Å². The molecule has 1 fully saturated rings. The van der Waals surface area contributed by atoms with Gasteiger partial charge < -0.3 is 9.31 Å². The van der Waals surface area contributed by atoms with Crippen molar-refractivity contribution >= 4 is 25.8 Å². The van der Waals surface area contributed by atoms with E-state index in [0.29, 0.717) is 5.47 Å². The zero-order valence-corrected chi connectivity index (χ0v) is 14.3. The van der Waals surface area contributed by atoms with E-state index in [1.807, 2.05) is 27.7 Å². The van der Waals surface area contributed by atoms with Gasteiger partial charge in [-0.25, -0.2) is 4.98 Å². The van der Waals surface area contributed by atoms with Gasteiger partial charge in [-0.15, -0.1) is 0 Å². The average Bonchev–Trinajstić information content (AvgIpc) is 2.64. The molecule has 1 saturated heterocycles. The molecule has 0 aliphatic carbocycles. The van der Waals surface area contributed by atoms with E-state index in [-0.39, 0.29) is 11.4 Å². The maximum atomic E-state index is 12.7. The number of pyridine rings is 1. The molecule has 0 bridgehead atoms. The number of hydrogen-bond acceptors (Lipinski definition) is 4. The molecule has 1 aliphatic heterocycles. The number of rotatable bonds is 3. The summed E-state index contributed by atoms with van der Waals surface area (Å²) in [6.07, 6.45) is -2.94. The predicted octanol–water partition coefficient (Wildman–Crippen LogP) is 4.05. The summed E-state index contributed by atoms with van der Waals surface area (Å²) in [6, 6.07) is 3.76. The fraction of sp³-hybridized carbons (Fsp3) is 0.533. The van der Waals surface area contributed by atoms with Crippen LogP contribution in [0.2, 0.25) is 0 Å². The van der Waals surface area contributed by atoms with Crippen LogP contribution in [0.15, 0.2) is 23.7 Å². The van der Waals surface area contributed by atoms with Crippen LogP contribution in [0.5, 0.6) is 0 Å². The van der Waals surface area contributed by atoms with Gasteiger partial charge in [0.1, 0.15) is 5.69 Å². The van der Waals surface area contributed by atoms with E-state index in [0.717, 1.165) is 6.07 Å². The second-order valence-corrected chi connectivity index (χ2v) is 6.73. The van der Waals surface area contributed by atoms with Crippen molar-refractivity contribution in [3.63, 3.8) is 0 Å². The molecule has 8 heteroatoms. The summed E-state index contributed by atoms with van der Waals surface area (Å²) >= 11 is 4.24. The molecule has 0 atom stereocenters. The minimum Gasteiger partial charge on any atom is -0.400 e. The van der Waals surface area contributed by atoms with Crippen molar-refractivity contribution in [1.82, 2.24) is 4.98 Å². The molecule has 1 aromatic rings. The quantitative estimate of drug-likeness (QED) is 0.663. The Hall–Kier alpha value is -0.985. The van der Waals surface area contributed by atoms with Crippen LogP contribution in [0.3, 0.4) is 0 Å². The van der Waals surface area contributed by atoms with Gasteiger partial charge in [-0.1, -0.05) is 6.07 Å². The van der Waals surface area contributed by atoms with Gasteiger partial charge >= 0.3 is 13.3 Å². The molecule has 23 heavy (non-hydrogen) atoms. The molecule has 0 spiro atoms. The van der Waals surface area contributed by atoms with Crippen molar-refractivity contribution in [2.24, 2.45) is 0 Å². The standard InChI is InChI=1S/C15H19BF3NO2S/c1-13(2)14(3,4)22-16(21-13)10(9-23)8-11-6-5-7-12(20-11)15(17,18)19/h5-8,23H,9H2,1-4H3. The highest BCUT2D eigenvalue weighted by Crippen LogP contribution is 2.39. The first kappa shape index (κ1) is 18.4. The molecular weight excluding hydrogens is 326 g/mol. The third kappa shape index (κ3) is 3.92. The van der Waals surface area contributed by atoms with Crippen LogP contribution < -0.4 is 0 Å². The molecule has 0 unspecified atom stereocenters. The van der Waals surface area contributed by atoms with Crippen molar-refractivity contribution in [1.29, 1.82) is 0 Å². The molecular formula is C15H19BF3NO2S. The number of halogens is 3. The van der Waals surface area contributed by atoms with E-state index in [2.05, 4.69) is 17.6 Å². The molecule has 0 radical (unpaired) electrons. The fourth-order valence-electron chi connectivity index (χ4n) is 2.06. The van der Waals surface area contributed by atoms with Crippen LogP contribution in [0.25, 0.3) is 6.08 Å². The molecule has 126 valence electrons. The van der Waals surface area contributed by atoms with Crippen molar-refractivity contribution in [2.75, 3.05) is 5.75 Å². The Bertz CT molecular complexity index is 601. The van der Waals surface area contributed by atoms with Crippen LogP contribution in [0, 0.1) is 0 Å². The number of thiol groups is 1. The lowest BCUT2D eigenvalue weighted by atomic mass is 9.78. The molecule has 2 heterocycles. The van der Waals surface area contributed by atoms with Crippen molar-refractivity contribution in [2.45, 2.75) is 45.1 Å². The van der Waals surface area contributed by atoms with Crippen LogP contribution in [-0.4, -0.2) is 29.1 Å². The van der Waals surface area contributed by atoms with Crippen LogP contribution >= 0.6 is 12.6 Å². The highest BCUT2D eigenvalue weighted by Gasteiger charge is 2.52. The largest absolute Gasteiger partial charge is 0.491 e. The van der Waals surface area contributed by atoms with Crippen LogP contribution in [0.1, 0.15) is 39.1 Å². The molecule has 3 nitrogen and oxygen atoms in total. The summed E-state index contributed by atoms with van der Waals surface area (Å²) in [5, 5.41) is 0. The maximum Gasteiger partial charge on any atom is 0.491 e. The number of alkyl halides is 3. The summed E-state index contributed by atoms with van der Waals surface area (Å²) in [5.74, 6) is 0.286. The summed E-state index contributed by atoms with van der Waals surface area (Å²) in [7, 11) is -0.658. The van der Waals surface area contributed by atoms with E-state index < -0.39 is 30.2 Å². The highest BCUT2D eigenvalue weighted by molar-refractivity contribution is 7.80. The molecule has 0 N–H and O–H groups in total. The fourth-order valence-corrected chi connectivity index (χ4v) is 2.30. The van der Waals surface area contributed by atoms with Crippen molar-refractivity contribution in [3.8, 4) is 0 Å². The summed E-state index contributed by atoms with van der Waals surface area (Å²) in [5.41, 5.74) is -1.17. The van der Waals surface area contributed by atoms with Crippen molar-refractivity contribution in [3.05, 3.63) is 35.1 Å². The van der Waals surface area contributed by atoms with Gasteiger partial charge in [0.2, 0.25) is 0 Å². The lowest BCUT2D eigenvalue weighted by Gasteiger charge is -2.32. The van der Waals surface area contributed by atoms with E-state index in [9.17, 15) is 13.2 Å². The third-order valence-corrected chi connectivity index (χ3v) is 4.50. The van der Waals surface area contributed by atoms with Gasteiger partial charge in [0.05, 0.1) is 16.9 Å². The van der Waals surface area contributed by atoms with Gasteiger partial charge in [-0.3, -0.25) is 0 Å². The summed E-state index contributed by atoms with van der Waals surface area (Å²) < 4.78 is 50.0. The molecule has 0 saturated carbocycles. The Morgan fingerprint density at radius 2 is 1.78 bits per heavy atom. The molecule has 0 aromatic carbocycles. The zero-order chi connectivity index (χ0) is 17.5. The highest BCUT2D eigenvalue weighted by atomic mass is 32.1. The normalized spacial score (nSPS) is 20.9. The third-order valence-electron chi connectivity index (χ3n) is 4.13. The minimum absolute atomic E-state index is 0.193. The van der Waals surface area contributed by atoms with Gasteiger partial charge in [-0.05, 0) is 51.4 Å². The second-order valence-electron chi connectivity index (χ2n) is 6.41. The maximum absolute atomic E-state index is 12.7. The molecule has 0 amide bonds. The Kier molecular flexibility index (Phi) is 4.90. The Balaban J connectivity index is 2.31. The van der Waals surface area contributed by atoms with Crippen LogP contribution in [0.4, 0.5) is 13.2 Å². The topological polar surface area (TPSA) is 31.4 Å². The minimum atomic E-state index is -4.48. The lowest BCUT2D eigenvalue weighted by Crippen LogP contribution is -2.41. The van der Waals surface area contributed by atoms with Gasteiger partial charge in [0, 0.05) is 5.75 Å². The van der Waals surface area contributed by atoms with Crippen molar-refractivity contribution < 1.29 is 22.5 Å². The molecule has 2 rings (SSSR count). The summed E-state index contributed by atoms with van der Waals surface area (Å²) in [6.45, 7) is 7.63. The van der Waals surface area contributed by atoms with E-state index in [4.69, 9.17) is 9.31 Å². The Labute approximate surface area is 139 Å². The van der Waals surface area contributed by atoms with Gasteiger partial charge in [0.25, 0.3) is 0 Å². The van der Waals surface area contributed by atoms with Gasteiger partial charge in [-0.2, -0.15) is 25.8 Å². The number of hydrogen-bond donors (Lipinski definition) is 1. The first-order chi connectivity index (χ1) is 10.5. The smallest absolute Gasteiger partial charge is 0.400 e. The first-order valence-electron chi connectivity index (χ1n) is 7.17. The monoisotopic (exact) mass is 345 g/mol. The predicted molar refractivity (Wildman–Crippen MR) is 87.2 cm³/mol. The molecule has 1 aromatic heterocycles. The first-order valence-corrected chi connectivity index (χ1v) is 7.81. The lowest BCUT2D eigenvalue weighted by molar-refractivity contribution is -0.141. The van der Waals surface area contributed by atoms with Crippen LogP contribution in [-0.2, 0) is 15.5 Å². The SMILES string of the molecule is CC1(C)OB(C(=Cc2cccc(C(F)(F)F)n2)CS)OC1(C)C. The average molecular weight is 345 g/mol. The Morgan fingerprint density at radius 1 is 1.22 bits per heavy atom. The summed E-state index contributed by atoms with van der Waals surface area (Å²) in [4.78, 5) is 3.63.